The highest BCUT2D eigenvalue weighted by Gasteiger charge is 2.41. The number of esters is 1. The molecule has 0 bridgehead atoms. The number of ether oxygens (including phenoxy) is 1. The van der Waals surface area contributed by atoms with Crippen molar-refractivity contribution in [1.29, 1.82) is 5.26 Å². The van der Waals surface area contributed by atoms with Crippen LogP contribution in [0.1, 0.15) is 28.5 Å². The molecular weight excluding hydrogens is 559 g/mol. The lowest BCUT2D eigenvalue weighted by atomic mass is 10.1. The summed E-state index contributed by atoms with van der Waals surface area (Å²) in [5.74, 6) is -0.992. The number of carbonyl (C=O) groups excluding carboxylic acids is 1. The van der Waals surface area contributed by atoms with E-state index in [0.29, 0.717) is 11.1 Å². The molecule has 8 nitrogen and oxygen atoms in total. The number of nitrogens with zero attached hydrogens (tertiary/aromatic N) is 2. The molecule has 11 heteroatoms. The summed E-state index contributed by atoms with van der Waals surface area (Å²) in [5, 5.41) is 9.41. The summed E-state index contributed by atoms with van der Waals surface area (Å²) in [6.07, 6.45) is 2.82. The Balaban J connectivity index is 2.20. The molecule has 1 aromatic heterocycles. The maximum atomic E-state index is 14.9. The average Bonchev–Trinajstić information content (AvgIpc) is 3.27. The summed E-state index contributed by atoms with van der Waals surface area (Å²) in [6, 6.07) is 18.9. The lowest BCUT2D eigenvalue weighted by molar-refractivity contribution is 0.0520. The molecule has 0 fully saturated rings. The van der Waals surface area contributed by atoms with Gasteiger partial charge in [-0.3, -0.25) is 4.57 Å². The van der Waals surface area contributed by atoms with Crippen molar-refractivity contribution in [1.82, 2.24) is 3.97 Å². The van der Waals surface area contributed by atoms with Crippen LogP contribution in [0.5, 0.6) is 0 Å². The molecule has 0 spiro atoms. The van der Waals surface area contributed by atoms with Gasteiger partial charge in [-0.2, -0.15) is 5.26 Å². The zero-order valence-corrected chi connectivity index (χ0v) is 23.8. The van der Waals surface area contributed by atoms with E-state index in [4.69, 9.17) is 26.1 Å². The van der Waals surface area contributed by atoms with Crippen LogP contribution in [0.25, 0.3) is 17.0 Å². The number of carbonyl (C=O) groups is 1. The SMILES string of the molecule is CCOC(=O)c1c(P(=O)(OC)c2cc(C)cc(C=CC#N)c2)c2cc(Cl)ccc2n1S(=O)(=O)c1ccccc1. The van der Waals surface area contributed by atoms with Crippen molar-refractivity contribution in [2.24, 2.45) is 0 Å². The highest BCUT2D eigenvalue weighted by atomic mass is 35.5. The minimum absolute atomic E-state index is 0.0588. The summed E-state index contributed by atoms with van der Waals surface area (Å²) in [4.78, 5) is 13.4. The van der Waals surface area contributed by atoms with E-state index in [1.54, 1.807) is 56.3 Å². The molecule has 0 saturated heterocycles. The largest absolute Gasteiger partial charge is 0.461 e. The first-order valence-electron chi connectivity index (χ1n) is 11.7. The number of fused-ring (bicyclic) bond motifs is 1. The number of allylic oxidation sites excluding steroid dienone is 1. The van der Waals surface area contributed by atoms with Gasteiger partial charge < -0.3 is 9.26 Å². The van der Waals surface area contributed by atoms with E-state index in [2.05, 4.69) is 0 Å². The van der Waals surface area contributed by atoms with Crippen LogP contribution >= 0.6 is 19.0 Å². The van der Waals surface area contributed by atoms with Crippen LogP contribution in [0.4, 0.5) is 0 Å². The van der Waals surface area contributed by atoms with Gasteiger partial charge in [0.25, 0.3) is 17.4 Å². The maximum absolute atomic E-state index is 14.9. The number of benzene rings is 3. The minimum Gasteiger partial charge on any atom is -0.461 e. The molecule has 0 aliphatic carbocycles. The van der Waals surface area contributed by atoms with Gasteiger partial charge in [0.1, 0.15) is 0 Å². The van der Waals surface area contributed by atoms with E-state index in [1.165, 1.54) is 43.5 Å². The zero-order chi connectivity index (χ0) is 28.4. The molecule has 0 radical (unpaired) electrons. The first kappa shape index (κ1) is 28.3. The molecule has 4 aromatic rings. The lowest BCUT2D eigenvalue weighted by Gasteiger charge is -2.20. The lowest BCUT2D eigenvalue weighted by Crippen LogP contribution is -2.28. The fourth-order valence-corrected chi connectivity index (χ4v) is 8.45. The van der Waals surface area contributed by atoms with Crippen LogP contribution in [-0.2, 0) is 23.8 Å². The van der Waals surface area contributed by atoms with Gasteiger partial charge in [0.2, 0.25) is 0 Å². The Morgan fingerprint density at radius 1 is 1.13 bits per heavy atom. The van der Waals surface area contributed by atoms with Crippen LogP contribution < -0.4 is 10.6 Å². The molecule has 0 aliphatic rings. The number of hydrogen-bond donors (Lipinski definition) is 0. The Morgan fingerprint density at radius 3 is 2.49 bits per heavy atom. The van der Waals surface area contributed by atoms with Crippen LogP contribution in [0.2, 0.25) is 5.02 Å². The van der Waals surface area contributed by atoms with Crippen molar-refractivity contribution in [2.45, 2.75) is 18.7 Å². The molecule has 3 aromatic carbocycles. The molecule has 0 saturated carbocycles. The minimum atomic E-state index is -4.38. The summed E-state index contributed by atoms with van der Waals surface area (Å²) >= 11 is 6.33. The van der Waals surface area contributed by atoms with Crippen molar-refractivity contribution in [3.8, 4) is 6.07 Å². The molecule has 0 amide bonds. The normalized spacial score (nSPS) is 13.3. The van der Waals surface area contributed by atoms with E-state index >= 15 is 0 Å². The molecule has 1 heterocycles. The number of aromatic nitrogens is 1. The van der Waals surface area contributed by atoms with Crippen molar-refractivity contribution in [3.05, 3.63) is 94.6 Å². The Hall–Kier alpha value is -3.67. The topological polar surface area (TPSA) is 115 Å². The molecule has 1 atom stereocenters. The van der Waals surface area contributed by atoms with E-state index in [1.807, 2.05) is 6.07 Å². The predicted octanol–water partition coefficient (Wildman–Crippen LogP) is 5.43. The summed E-state index contributed by atoms with van der Waals surface area (Å²) < 4.78 is 54.8. The summed E-state index contributed by atoms with van der Waals surface area (Å²) in [6.45, 7) is 3.30. The van der Waals surface area contributed by atoms with E-state index < -0.39 is 29.1 Å². The van der Waals surface area contributed by atoms with Crippen molar-refractivity contribution >= 4 is 62.6 Å². The second-order valence-electron chi connectivity index (χ2n) is 8.46. The summed E-state index contributed by atoms with van der Waals surface area (Å²) in [5.41, 5.74) is 0.911. The zero-order valence-electron chi connectivity index (χ0n) is 21.3. The monoisotopic (exact) mass is 582 g/mol. The van der Waals surface area contributed by atoms with Crippen LogP contribution in [0, 0.1) is 18.3 Å². The first-order valence-corrected chi connectivity index (χ1v) is 15.2. The highest BCUT2D eigenvalue weighted by Crippen LogP contribution is 2.49. The third kappa shape index (κ3) is 5.17. The Labute approximate surface area is 231 Å². The summed E-state index contributed by atoms with van der Waals surface area (Å²) in [7, 11) is -7.33. The number of aryl methyl sites for hydroxylation is 1. The molecule has 0 N–H and O–H groups in total. The second-order valence-corrected chi connectivity index (χ2v) is 13.1. The maximum Gasteiger partial charge on any atom is 0.356 e. The Bertz CT molecular complexity index is 1810. The molecule has 0 aliphatic heterocycles. The Morgan fingerprint density at radius 2 is 1.85 bits per heavy atom. The third-order valence-electron chi connectivity index (χ3n) is 5.94. The van der Waals surface area contributed by atoms with Gasteiger partial charge in [0.15, 0.2) is 5.69 Å². The predicted molar refractivity (Wildman–Crippen MR) is 152 cm³/mol. The van der Waals surface area contributed by atoms with Crippen molar-refractivity contribution in [2.75, 3.05) is 13.7 Å². The highest BCUT2D eigenvalue weighted by molar-refractivity contribution is 7.90. The molecule has 39 heavy (non-hydrogen) atoms. The van der Waals surface area contributed by atoms with Crippen LogP contribution in [0.3, 0.4) is 0 Å². The average molecular weight is 583 g/mol. The van der Waals surface area contributed by atoms with Gasteiger partial charge in [-0.05, 0) is 73.5 Å². The van der Waals surface area contributed by atoms with E-state index in [-0.39, 0.29) is 38.0 Å². The van der Waals surface area contributed by atoms with E-state index in [0.717, 1.165) is 3.97 Å². The second kappa shape index (κ2) is 11.2. The molecule has 1 unspecified atom stereocenters. The van der Waals surface area contributed by atoms with Gasteiger partial charge in [-0.1, -0.05) is 35.9 Å². The fraction of sp³-hybridized carbons (Fsp3) is 0.143. The van der Waals surface area contributed by atoms with Gasteiger partial charge in [0.05, 0.1) is 28.4 Å². The van der Waals surface area contributed by atoms with Gasteiger partial charge in [-0.25, -0.2) is 17.2 Å². The quantitative estimate of drug-likeness (QED) is 0.154. The van der Waals surface area contributed by atoms with Gasteiger partial charge in [-0.15, -0.1) is 0 Å². The van der Waals surface area contributed by atoms with Crippen molar-refractivity contribution < 1.29 is 27.0 Å². The number of rotatable bonds is 8. The van der Waals surface area contributed by atoms with Crippen LogP contribution in [0.15, 0.2) is 77.7 Å². The van der Waals surface area contributed by atoms with E-state index in [9.17, 15) is 17.8 Å². The smallest absolute Gasteiger partial charge is 0.356 e. The number of nitriles is 1. The van der Waals surface area contributed by atoms with Crippen molar-refractivity contribution in [3.63, 3.8) is 0 Å². The molecule has 200 valence electrons. The molecule has 4 rings (SSSR count). The van der Waals surface area contributed by atoms with Gasteiger partial charge in [0, 0.05) is 28.9 Å². The first-order chi connectivity index (χ1) is 18.6. The Kier molecular flexibility index (Phi) is 8.15. The fourth-order valence-electron chi connectivity index (χ4n) is 4.36. The standard InChI is InChI=1S/C28H24ClN2O6PS/c1-4-37-28(32)26-27(38(33,36-3)22-16-19(2)15-20(17-22)9-8-14-30)24-18-21(29)12-13-25(24)31(26)39(34,35)23-10-6-5-7-11-23/h5-13,15-18H,4H2,1-3H3. The number of halogens is 1. The number of hydrogen-bond acceptors (Lipinski definition) is 7. The molecular formula is C28H24ClN2O6PS. The third-order valence-corrected chi connectivity index (χ3v) is 10.4. The van der Waals surface area contributed by atoms with Gasteiger partial charge >= 0.3 is 5.97 Å². The van der Waals surface area contributed by atoms with Crippen LogP contribution in [-0.4, -0.2) is 32.1 Å².